The quantitative estimate of drug-likeness (QED) is 0.588. The van der Waals surface area contributed by atoms with E-state index in [9.17, 15) is 0 Å². The lowest BCUT2D eigenvalue weighted by atomic mass is 10.1. The largest absolute Gasteiger partial charge is 0.357 e. The van der Waals surface area contributed by atoms with Gasteiger partial charge in [-0.15, -0.1) is 0 Å². The molecule has 1 aliphatic carbocycles. The van der Waals surface area contributed by atoms with Crippen molar-refractivity contribution in [3.05, 3.63) is 34.9 Å². The van der Waals surface area contributed by atoms with Gasteiger partial charge < -0.3 is 15.5 Å². The first-order valence-electron chi connectivity index (χ1n) is 9.26. The number of nitrogens with one attached hydrogen (secondary N) is 2. The lowest BCUT2D eigenvalue weighted by molar-refractivity contribution is 0.315. The average molecular weight is 349 g/mol. The zero-order valence-electron chi connectivity index (χ0n) is 14.6. The number of aliphatic imine (C=N–C) groups is 1. The molecule has 5 heteroatoms. The van der Waals surface area contributed by atoms with Gasteiger partial charge in [0.2, 0.25) is 0 Å². The summed E-state index contributed by atoms with van der Waals surface area (Å²) in [7, 11) is 0. The summed E-state index contributed by atoms with van der Waals surface area (Å²) in [4.78, 5) is 7.45. The lowest BCUT2D eigenvalue weighted by Gasteiger charge is -2.15. The van der Waals surface area contributed by atoms with Crippen LogP contribution in [0.5, 0.6) is 0 Å². The second-order valence-corrected chi connectivity index (χ2v) is 7.28. The van der Waals surface area contributed by atoms with Crippen LogP contribution in [0.1, 0.15) is 31.7 Å². The van der Waals surface area contributed by atoms with Crippen molar-refractivity contribution in [2.45, 2.75) is 38.6 Å². The fraction of sp³-hybridized carbons (Fsp3) is 0.632. The number of likely N-dealkylation sites (tertiary alicyclic amines) is 1. The van der Waals surface area contributed by atoms with E-state index in [4.69, 9.17) is 16.6 Å². The fourth-order valence-corrected chi connectivity index (χ4v) is 3.59. The number of halogens is 1. The van der Waals surface area contributed by atoms with Crippen LogP contribution in [0.15, 0.2) is 29.3 Å². The molecule has 1 saturated carbocycles. The molecular weight excluding hydrogens is 320 g/mol. The summed E-state index contributed by atoms with van der Waals surface area (Å²) in [6.45, 7) is 7.25. The number of guanidine groups is 1. The van der Waals surface area contributed by atoms with Gasteiger partial charge in [-0.1, -0.05) is 29.8 Å². The van der Waals surface area contributed by atoms with E-state index in [1.165, 1.54) is 37.9 Å². The van der Waals surface area contributed by atoms with Gasteiger partial charge in [0.05, 0.1) is 0 Å². The third-order valence-electron chi connectivity index (χ3n) is 4.88. The van der Waals surface area contributed by atoms with Gasteiger partial charge in [-0.05, 0) is 56.7 Å². The molecule has 0 spiro atoms. The SMILES string of the molecule is CCNC(=NCC1CCN(C2CC2)C1)NCCc1ccccc1Cl. The predicted molar refractivity (Wildman–Crippen MR) is 102 cm³/mol. The van der Waals surface area contributed by atoms with Gasteiger partial charge in [-0.3, -0.25) is 4.99 Å². The molecular formula is C19H29ClN4. The fourth-order valence-electron chi connectivity index (χ4n) is 3.36. The normalized spacial score (nSPS) is 21.9. The van der Waals surface area contributed by atoms with Crippen LogP contribution in [0, 0.1) is 5.92 Å². The van der Waals surface area contributed by atoms with Crippen LogP contribution in [-0.2, 0) is 6.42 Å². The zero-order chi connectivity index (χ0) is 16.8. The molecule has 1 aromatic carbocycles. The van der Waals surface area contributed by atoms with Gasteiger partial charge in [0.15, 0.2) is 5.96 Å². The molecule has 1 aromatic rings. The van der Waals surface area contributed by atoms with E-state index in [0.29, 0.717) is 5.92 Å². The van der Waals surface area contributed by atoms with Crippen LogP contribution in [0.4, 0.5) is 0 Å². The van der Waals surface area contributed by atoms with E-state index in [1.54, 1.807) is 0 Å². The Bertz CT molecular complexity index is 556. The summed E-state index contributed by atoms with van der Waals surface area (Å²) in [6, 6.07) is 8.92. The molecule has 0 radical (unpaired) electrons. The Kier molecular flexibility index (Phi) is 6.38. The summed E-state index contributed by atoms with van der Waals surface area (Å²) in [5, 5.41) is 7.62. The van der Waals surface area contributed by atoms with E-state index in [0.717, 1.165) is 43.1 Å². The highest BCUT2D eigenvalue weighted by Crippen LogP contribution is 2.31. The molecule has 0 bridgehead atoms. The minimum Gasteiger partial charge on any atom is -0.357 e. The Balaban J connectivity index is 1.44. The topological polar surface area (TPSA) is 39.7 Å². The van der Waals surface area contributed by atoms with E-state index < -0.39 is 0 Å². The zero-order valence-corrected chi connectivity index (χ0v) is 15.4. The van der Waals surface area contributed by atoms with Crippen molar-refractivity contribution in [2.75, 3.05) is 32.7 Å². The first kappa shape index (κ1) is 17.6. The standard InChI is InChI=1S/C19H29ClN4/c1-2-21-19(22-11-9-16-5-3-4-6-18(16)20)23-13-15-10-12-24(14-15)17-7-8-17/h3-6,15,17H,2,7-14H2,1H3,(H2,21,22,23). The third kappa shape index (κ3) is 5.12. The second-order valence-electron chi connectivity index (χ2n) is 6.87. The Morgan fingerprint density at radius 1 is 1.25 bits per heavy atom. The minimum absolute atomic E-state index is 0.713. The van der Waals surface area contributed by atoms with Crippen molar-refractivity contribution in [3.63, 3.8) is 0 Å². The van der Waals surface area contributed by atoms with Crippen molar-refractivity contribution in [3.8, 4) is 0 Å². The summed E-state index contributed by atoms with van der Waals surface area (Å²) < 4.78 is 0. The Hall–Kier alpha value is -1.26. The van der Waals surface area contributed by atoms with E-state index in [-0.39, 0.29) is 0 Å². The van der Waals surface area contributed by atoms with E-state index >= 15 is 0 Å². The molecule has 24 heavy (non-hydrogen) atoms. The Labute approximate surface area is 150 Å². The average Bonchev–Trinajstić information content (AvgIpc) is 3.33. The third-order valence-corrected chi connectivity index (χ3v) is 5.25. The highest BCUT2D eigenvalue weighted by atomic mass is 35.5. The number of hydrogen-bond donors (Lipinski definition) is 2. The monoisotopic (exact) mass is 348 g/mol. The van der Waals surface area contributed by atoms with E-state index in [1.807, 2.05) is 18.2 Å². The molecule has 1 unspecified atom stereocenters. The smallest absolute Gasteiger partial charge is 0.191 e. The van der Waals surface area contributed by atoms with Crippen LogP contribution in [0.3, 0.4) is 0 Å². The maximum absolute atomic E-state index is 6.21. The molecule has 2 fully saturated rings. The maximum Gasteiger partial charge on any atom is 0.191 e. The molecule has 3 rings (SSSR count). The molecule has 1 aliphatic heterocycles. The van der Waals surface area contributed by atoms with Gasteiger partial charge in [0, 0.05) is 37.2 Å². The van der Waals surface area contributed by atoms with Crippen molar-refractivity contribution in [2.24, 2.45) is 10.9 Å². The molecule has 1 atom stereocenters. The van der Waals surface area contributed by atoms with Gasteiger partial charge in [-0.2, -0.15) is 0 Å². The number of rotatable bonds is 7. The molecule has 1 saturated heterocycles. The van der Waals surface area contributed by atoms with Crippen molar-refractivity contribution < 1.29 is 0 Å². The van der Waals surface area contributed by atoms with Crippen LogP contribution in [0.2, 0.25) is 5.02 Å². The maximum atomic E-state index is 6.21. The summed E-state index contributed by atoms with van der Waals surface area (Å²) in [5.41, 5.74) is 1.18. The van der Waals surface area contributed by atoms with Crippen LogP contribution in [-0.4, -0.2) is 49.6 Å². The number of nitrogens with zero attached hydrogens (tertiary/aromatic N) is 2. The molecule has 2 N–H and O–H groups in total. The van der Waals surface area contributed by atoms with Gasteiger partial charge in [0.25, 0.3) is 0 Å². The summed E-state index contributed by atoms with van der Waals surface area (Å²) >= 11 is 6.21. The molecule has 132 valence electrons. The van der Waals surface area contributed by atoms with Crippen molar-refractivity contribution >= 4 is 17.6 Å². The molecule has 4 nitrogen and oxygen atoms in total. The first-order valence-corrected chi connectivity index (χ1v) is 9.63. The van der Waals surface area contributed by atoms with Gasteiger partial charge in [-0.25, -0.2) is 0 Å². The molecule has 1 heterocycles. The minimum atomic E-state index is 0.713. The number of hydrogen-bond acceptors (Lipinski definition) is 2. The molecule has 0 aromatic heterocycles. The highest BCUT2D eigenvalue weighted by Gasteiger charge is 2.34. The summed E-state index contributed by atoms with van der Waals surface area (Å²) in [5.74, 6) is 1.64. The van der Waals surface area contributed by atoms with E-state index in [2.05, 4.69) is 28.5 Å². The lowest BCUT2D eigenvalue weighted by Crippen LogP contribution is -2.38. The van der Waals surface area contributed by atoms with Crippen molar-refractivity contribution in [1.82, 2.24) is 15.5 Å². The second kappa shape index (κ2) is 8.72. The summed E-state index contributed by atoms with van der Waals surface area (Å²) in [6.07, 6.45) is 5.01. The Morgan fingerprint density at radius 3 is 2.83 bits per heavy atom. The van der Waals surface area contributed by atoms with Crippen molar-refractivity contribution in [1.29, 1.82) is 0 Å². The highest BCUT2D eigenvalue weighted by molar-refractivity contribution is 6.31. The van der Waals surface area contributed by atoms with Crippen LogP contribution < -0.4 is 10.6 Å². The Morgan fingerprint density at radius 2 is 2.08 bits per heavy atom. The van der Waals surface area contributed by atoms with Crippen LogP contribution >= 0.6 is 11.6 Å². The van der Waals surface area contributed by atoms with Gasteiger partial charge in [0.1, 0.15) is 0 Å². The van der Waals surface area contributed by atoms with Gasteiger partial charge >= 0.3 is 0 Å². The number of benzene rings is 1. The first-order chi connectivity index (χ1) is 11.8. The van der Waals surface area contributed by atoms with Crippen LogP contribution in [0.25, 0.3) is 0 Å². The predicted octanol–water partition coefficient (Wildman–Crippen LogP) is 2.92. The molecule has 2 aliphatic rings. The molecule has 0 amide bonds.